The van der Waals surface area contributed by atoms with Crippen molar-refractivity contribution in [3.8, 4) is 0 Å². The van der Waals surface area contributed by atoms with Crippen LogP contribution in [0, 0.1) is 19.6 Å². The van der Waals surface area contributed by atoms with E-state index in [4.69, 9.17) is 0 Å². The molecule has 0 amide bonds. The fourth-order valence-corrected chi connectivity index (χ4v) is 3.21. The number of benzene rings is 1. The molecule has 5 nitrogen and oxygen atoms in total. The smallest absolute Gasteiger partial charge is 0.270 e. The third kappa shape index (κ3) is 4.05. The first-order valence-corrected chi connectivity index (χ1v) is 8.08. The van der Waals surface area contributed by atoms with Gasteiger partial charge in [0.25, 0.3) is 5.69 Å². The third-order valence-electron chi connectivity index (χ3n) is 3.90. The Morgan fingerprint density at radius 3 is 2.70 bits per heavy atom. The van der Waals surface area contributed by atoms with Gasteiger partial charge in [0, 0.05) is 27.9 Å². The van der Waals surface area contributed by atoms with Crippen LogP contribution in [0.15, 0.2) is 18.2 Å². The molecule has 1 aliphatic heterocycles. The van der Waals surface area contributed by atoms with Crippen LogP contribution in [0.5, 0.6) is 0 Å². The van der Waals surface area contributed by atoms with Crippen molar-refractivity contribution in [2.75, 3.05) is 31.5 Å². The first-order valence-electron chi connectivity index (χ1n) is 7.00. The normalized spacial score (nSPS) is 17.1. The van der Waals surface area contributed by atoms with Crippen molar-refractivity contribution >= 4 is 34.0 Å². The van der Waals surface area contributed by atoms with E-state index in [-0.39, 0.29) is 10.6 Å². The Morgan fingerprint density at radius 1 is 1.45 bits per heavy atom. The highest BCUT2D eigenvalue weighted by atomic mass is 127. The van der Waals surface area contributed by atoms with Crippen LogP contribution >= 0.6 is 22.6 Å². The van der Waals surface area contributed by atoms with E-state index in [0.717, 1.165) is 22.3 Å². The fraction of sp³-hybridized carbons (Fsp3) is 0.571. The topological polar surface area (TPSA) is 58.4 Å². The summed E-state index contributed by atoms with van der Waals surface area (Å²) in [6.45, 7) is 6.66. The van der Waals surface area contributed by atoms with Crippen LogP contribution in [0.2, 0.25) is 0 Å². The predicted molar refractivity (Wildman–Crippen MR) is 89.1 cm³/mol. The van der Waals surface area contributed by atoms with Crippen LogP contribution in [0.4, 0.5) is 11.4 Å². The molecule has 1 heterocycles. The van der Waals surface area contributed by atoms with E-state index >= 15 is 0 Å². The second-order valence-corrected chi connectivity index (χ2v) is 6.34. The van der Waals surface area contributed by atoms with Crippen molar-refractivity contribution in [1.29, 1.82) is 0 Å². The molecule has 0 saturated carbocycles. The molecule has 0 spiro atoms. The van der Waals surface area contributed by atoms with Gasteiger partial charge in [-0.1, -0.05) is 6.92 Å². The lowest BCUT2D eigenvalue weighted by Gasteiger charge is -2.31. The van der Waals surface area contributed by atoms with Crippen LogP contribution in [0.25, 0.3) is 0 Å². The van der Waals surface area contributed by atoms with Gasteiger partial charge < -0.3 is 10.2 Å². The summed E-state index contributed by atoms with van der Waals surface area (Å²) in [5.74, 6) is 0.698. The Balaban J connectivity index is 1.87. The molecule has 110 valence electrons. The zero-order valence-corrected chi connectivity index (χ0v) is 13.8. The first-order chi connectivity index (χ1) is 9.60. The van der Waals surface area contributed by atoms with Gasteiger partial charge in [-0.15, -0.1) is 0 Å². The van der Waals surface area contributed by atoms with Gasteiger partial charge in [0.1, 0.15) is 0 Å². The highest BCUT2D eigenvalue weighted by Gasteiger charge is 2.18. The molecular formula is C14H20IN3O2. The molecule has 0 aromatic heterocycles. The Kier molecular flexibility index (Phi) is 5.59. The third-order valence-corrected chi connectivity index (χ3v) is 4.79. The summed E-state index contributed by atoms with van der Waals surface area (Å²) in [5.41, 5.74) is 1.14. The molecule has 1 N–H and O–H groups in total. The minimum Gasteiger partial charge on any atom is -0.384 e. The van der Waals surface area contributed by atoms with E-state index in [1.165, 1.54) is 25.9 Å². The van der Waals surface area contributed by atoms with Crippen LogP contribution in [-0.2, 0) is 0 Å². The average Bonchev–Trinajstić information content (AvgIpc) is 2.46. The van der Waals surface area contributed by atoms with Gasteiger partial charge in [0.15, 0.2) is 0 Å². The van der Waals surface area contributed by atoms with Crippen molar-refractivity contribution < 1.29 is 4.92 Å². The number of rotatable bonds is 5. The van der Waals surface area contributed by atoms with Crippen molar-refractivity contribution in [3.63, 3.8) is 0 Å². The fourth-order valence-electron chi connectivity index (χ4n) is 2.52. The summed E-state index contributed by atoms with van der Waals surface area (Å²) in [6, 6.07) is 4.98. The van der Waals surface area contributed by atoms with Crippen LogP contribution in [0.3, 0.4) is 0 Å². The van der Waals surface area contributed by atoms with Crippen LogP contribution < -0.4 is 5.32 Å². The molecule has 20 heavy (non-hydrogen) atoms. The molecule has 2 rings (SSSR count). The number of hydrogen-bond donors (Lipinski definition) is 1. The number of halogens is 1. The maximum Gasteiger partial charge on any atom is 0.270 e. The second-order valence-electron chi connectivity index (χ2n) is 5.18. The molecule has 1 fully saturated rings. The summed E-state index contributed by atoms with van der Waals surface area (Å²) in [6.07, 6.45) is 2.45. The summed E-state index contributed by atoms with van der Waals surface area (Å²) in [7, 11) is 0. The Labute approximate surface area is 133 Å². The van der Waals surface area contributed by atoms with Crippen molar-refractivity contribution in [1.82, 2.24) is 4.90 Å². The number of likely N-dealkylation sites (tertiary alicyclic amines) is 1. The minimum absolute atomic E-state index is 0.149. The largest absolute Gasteiger partial charge is 0.384 e. The molecule has 1 aromatic rings. The SMILES string of the molecule is CCN1CCC(CNc2ccc([N+](=O)[O-])cc2I)CC1. The second kappa shape index (κ2) is 7.21. The molecule has 6 heteroatoms. The molecule has 0 unspecified atom stereocenters. The molecule has 0 bridgehead atoms. The van der Waals surface area contributed by atoms with Gasteiger partial charge in [-0.3, -0.25) is 10.1 Å². The molecule has 1 aliphatic rings. The van der Waals surface area contributed by atoms with Gasteiger partial charge in [0.05, 0.1) is 4.92 Å². The van der Waals surface area contributed by atoms with E-state index in [2.05, 4.69) is 39.7 Å². The summed E-state index contributed by atoms with van der Waals surface area (Å²) >= 11 is 2.15. The standard InChI is InChI=1S/C14H20IN3O2/c1-2-17-7-5-11(6-8-17)10-16-14-4-3-12(18(19)20)9-13(14)15/h3-4,9,11,16H,2,5-8,10H2,1H3. The predicted octanol–water partition coefficient (Wildman–Crippen LogP) is 3.34. The summed E-state index contributed by atoms with van der Waals surface area (Å²) in [4.78, 5) is 12.8. The Hall–Kier alpha value is -0.890. The van der Waals surface area contributed by atoms with E-state index in [9.17, 15) is 10.1 Å². The number of piperidine rings is 1. The van der Waals surface area contributed by atoms with Gasteiger partial charge in [-0.2, -0.15) is 0 Å². The van der Waals surface area contributed by atoms with Gasteiger partial charge >= 0.3 is 0 Å². The minimum atomic E-state index is -0.355. The van der Waals surface area contributed by atoms with Crippen LogP contribution in [0.1, 0.15) is 19.8 Å². The van der Waals surface area contributed by atoms with Crippen LogP contribution in [-0.4, -0.2) is 36.0 Å². The quantitative estimate of drug-likeness (QED) is 0.477. The molecule has 1 aromatic carbocycles. The lowest BCUT2D eigenvalue weighted by molar-refractivity contribution is -0.384. The number of nitrogens with one attached hydrogen (secondary N) is 1. The number of non-ortho nitro benzene ring substituents is 1. The number of nitro groups is 1. The average molecular weight is 389 g/mol. The first kappa shape index (κ1) is 15.5. The molecule has 0 aliphatic carbocycles. The number of hydrogen-bond acceptors (Lipinski definition) is 4. The maximum atomic E-state index is 10.7. The molecular weight excluding hydrogens is 369 g/mol. The van der Waals surface area contributed by atoms with E-state index in [1.54, 1.807) is 18.2 Å². The molecule has 0 atom stereocenters. The number of anilines is 1. The number of nitrogens with zero attached hydrogens (tertiary/aromatic N) is 2. The monoisotopic (exact) mass is 389 g/mol. The zero-order valence-electron chi connectivity index (χ0n) is 11.6. The van der Waals surface area contributed by atoms with E-state index in [0.29, 0.717) is 5.92 Å². The summed E-state index contributed by atoms with van der Waals surface area (Å²) < 4.78 is 0.905. The highest BCUT2D eigenvalue weighted by molar-refractivity contribution is 14.1. The lowest BCUT2D eigenvalue weighted by Crippen LogP contribution is -2.35. The zero-order chi connectivity index (χ0) is 14.5. The highest BCUT2D eigenvalue weighted by Crippen LogP contribution is 2.25. The van der Waals surface area contributed by atoms with Crippen molar-refractivity contribution in [3.05, 3.63) is 31.9 Å². The van der Waals surface area contributed by atoms with E-state index in [1.807, 2.05) is 0 Å². The maximum absolute atomic E-state index is 10.7. The van der Waals surface area contributed by atoms with E-state index < -0.39 is 0 Å². The number of nitro benzene ring substituents is 1. The lowest BCUT2D eigenvalue weighted by atomic mass is 9.97. The Bertz CT molecular complexity index is 473. The van der Waals surface area contributed by atoms with Crippen molar-refractivity contribution in [2.24, 2.45) is 5.92 Å². The van der Waals surface area contributed by atoms with Gasteiger partial charge in [-0.25, -0.2) is 0 Å². The van der Waals surface area contributed by atoms with Gasteiger partial charge in [0.2, 0.25) is 0 Å². The molecule has 0 radical (unpaired) electrons. The van der Waals surface area contributed by atoms with Gasteiger partial charge in [-0.05, 0) is 67.1 Å². The Morgan fingerprint density at radius 2 is 2.15 bits per heavy atom. The van der Waals surface area contributed by atoms with Crippen molar-refractivity contribution in [2.45, 2.75) is 19.8 Å². The summed E-state index contributed by atoms with van der Waals surface area (Å²) in [5, 5.41) is 14.1. The molecule has 1 saturated heterocycles.